The minimum atomic E-state index is -1.08. The topological polar surface area (TPSA) is 95.9 Å². The molecule has 0 aromatic heterocycles. The summed E-state index contributed by atoms with van der Waals surface area (Å²) >= 11 is 0. The molecule has 2 unspecified atom stereocenters. The second-order valence-corrected chi connectivity index (χ2v) is 5.88. The monoisotopic (exact) mass is 352 g/mol. The maximum Gasteiger partial charge on any atom is 1.00 e. The van der Waals surface area contributed by atoms with E-state index in [9.17, 15) is 20.1 Å². The maximum absolute atomic E-state index is 10.6. The molecule has 0 bridgehead atoms. The number of carboxylic acids is 1. The van der Waals surface area contributed by atoms with Gasteiger partial charge < -0.3 is 25.4 Å². The molecule has 0 heterocycles. The molecule has 0 spiro atoms. The molecule has 0 saturated heterocycles. The van der Waals surface area contributed by atoms with Crippen molar-refractivity contribution < 1.29 is 49.7 Å². The van der Waals surface area contributed by atoms with Gasteiger partial charge in [0.2, 0.25) is 0 Å². The molecule has 136 valence electrons. The van der Waals surface area contributed by atoms with Crippen molar-refractivity contribution in [2.75, 3.05) is 32.7 Å². The fourth-order valence-electron chi connectivity index (χ4n) is 2.26. The molecule has 0 radical (unpaired) electrons. The molecule has 24 heavy (non-hydrogen) atoms. The van der Waals surface area contributed by atoms with Crippen LogP contribution in [0.25, 0.3) is 0 Å². The van der Waals surface area contributed by atoms with Gasteiger partial charge >= 0.3 is 29.6 Å². The summed E-state index contributed by atoms with van der Waals surface area (Å²) in [6.07, 6.45) is 6.31. The number of aliphatic hydroxyl groups is 2. The Morgan fingerprint density at radius 2 is 2.00 bits per heavy atom. The van der Waals surface area contributed by atoms with E-state index < -0.39 is 12.1 Å². The Morgan fingerprint density at radius 3 is 2.58 bits per heavy atom. The Morgan fingerprint density at radius 1 is 1.29 bits per heavy atom. The van der Waals surface area contributed by atoms with Crippen LogP contribution in [0.3, 0.4) is 0 Å². The number of unbranched alkanes of at least 4 members (excludes halogenated alkanes) is 1. The molecule has 0 fully saturated rings. The van der Waals surface area contributed by atoms with Crippen molar-refractivity contribution in [3.05, 3.63) is 12.2 Å². The average molecular weight is 352 g/mol. The first-order chi connectivity index (χ1) is 11.0. The quantitative estimate of drug-likeness (QED) is 0.164. The molecule has 7 heteroatoms. The molecule has 6 nitrogen and oxygen atoms in total. The molecule has 0 amide bonds. The third-order valence-electron chi connectivity index (χ3n) is 3.62. The summed E-state index contributed by atoms with van der Waals surface area (Å²) in [4.78, 5) is 12.5. The van der Waals surface area contributed by atoms with Crippen molar-refractivity contribution in [3.8, 4) is 0 Å². The van der Waals surface area contributed by atoms with Gasteiger partial charge in [0.1, 0.15) is 0 Å². The molecule has 2 atom stereocenters. The van der Waals surface area contributed by atoms with Gasteiger partial charge in [-0.3, -0.25) is 4.90 Å². The smallest absolute Gasteiger partial charge is 0.550 e. The molecule has 3 N–H and O–H groups in total. The van der Waals surface area contributed by atoms with E-state index in [4.69, 9.17) is 0 Å². The van der Waals surface area contributed by atoms with Crippen LogP contribution < -0.4 is 40.0 Å². The number of carboxylic acid groups (broad SMARTS) is 1. The fourth-order valence-corrected chi connectivity index (χ4v) is 2.26. The molecule has 0 saturated carbocycles. The summed E-state index contributed by atoms with van der Waals surface area (Å²) in [6.45, 7) is 6.58. The van der Waals surface area contributed by atoms with E-state index in [1.54, 1.807) is 0 Å². The van der Waals surface area contributed by atoms with Crippen LogP contribution in [0.2, 0.25) is 0 Å². The first-order valence-electron chi connectivity index (χ1n) is 8.59. The summed E-state index contributed by atoms with van der Waals surface area (Å²) < 4.78 is 0. The third kappa shape index (κ3) is 16.9. The Labute approximate surface area is 168 Å². The zero-order chi connectivity index (χ0) is 17.5. The van der Waals surface area contributed by atoms with E-state index in [2.05, 4.69) is 12.2 Å². The van der Waals surface area contributed by atoms with Crippen LogP contribution in [0.5, 0.6) is 0 Å². The molecular weight excluding hydrogens is 319 g/mol. The van der Waals surface area contributed by atoms with E-state index in [1.165, 1.54) is 0 Å². The number of rotatable bonds is 15. The standard InChI is InChI=1S/C17H34N2O4.Na/c1-3-5-7-15(20)13-18-10-12-19(11-9-17(22)23)14-16(21)8-6-4-2;/h4,6,15-16,18,20-21H,3,5,7-14H2,1-2H3,(H,22,23);/q;+1/p-1/b6-4+;. The van der Waals surface area contributed by atoms with Crippen LogP contribution in [0.15, 0.2) is 12.2 Å². The zero-order valence-electron chi connectivity index (χ0n) is 15.5. The average Bonchev–Trinajstić information content (AvgIpc) is 2.52. The van der Waals surface area contributed by atoms with Gasteiger partial charge in [-0.2, -0.15) is 0 Å². The molecule has 0 rings (SSSR count). The summed E-state index contributed by atoms with van der Waals surface area (Å²) in [7, 11) is 0. The van der Waals surface area contributed by atoms with E-state index in [0.29, 0.717) is 39.1 Å². The van der Waals surface area contributed by atoms with Crippen LogP contribution >= 0.6 is 0 Å². The molecule has 0 aliphatic rings. The van der Waals surface area contributed by atoms with Crippen LogP contribution in [-0.2, 0) is 4.79 Å². The SMILES string of the molecule is C/C=C/CC(O)CN(CCNCC(O)CCCC)CCC(=O)[O-].[Na+]. The first kappa shape index (κ1) is 26.3. The molecule has 0 aliphatic heterocycles. The summed E-state index contributed by atoms with van der Waals surface area (Å²) in [5, 5.41) is 33.5. The molecule has 0 aromatic rings. The third-order valence-corrected chi connectivity index (χ3v) is 3.62. The van der Waals surface area contributed by atoms with Crippen molar-refractivity contribution in [2.45, 2.75) is 58.2 Å². The first-order valence-corrected chi connectivity index (χ1v) is 8.59. The van der Waals surface area contributed by atoms with Gasteiger partial charge in [-0.15, -0.1) is 0 Å². The second-order valence-electron chi connectivity index (χ2n) is 5.88. The van der Waals surface area contributed by atoms with Gasteiger partial charge in [0.25, 0.3) is 0 Å². The number of aliphatic hydroxyl groups excluding tert-OH is 2. The summed E-state index contributed by atoms with van der Waals surface area (Å²) in [5.74, 6) is -1.08. The van der Waals surface area contributed by atoms with Crippen LogP contribution in [0, 0.1) is 0 Å². The number of carbonyl (C=O) groups is 1. The summed E-state index contributed by atoms with van der Waals surface area (Å²) in [6, 6.07) is 0. The maximum atomic E-state index is 10.6. The molecular formula is C17H33N2NaO4. The van der Waals surface area contributed by atoms with E-state index in [-0.39, 0.29) is 42.1 Å². The second kappa shape index (κ2) is 17.9. The van der Waals surface area contributed by atoms with Crippen LogP contribution in [0.1, 0.15) is 46.0 Å². The number of aliphatic carboxylic acids is 1. The van der Waals surface area contributed by atoms with E-state index >= 15 is 0 Å². The number of nitrogens with zero attached hydrogens (tertiary/aromatic N) is 1. The number of nitrogens with one attached hydrogen (secondary N) is 1. The number of hydrogen-bond donors (Lipinski definition) is 3. The largest absolute Gasteiger partial charge is 1.00 e. The predicted octanol–water partition coefficient (Wildman–Crippen LogP) is -3.10. The number of hydrogen-bond acceptors (Lipinski definition) is 6. The Kier molecular flexibility index (Phi) is 19.6. The fraction of sp³-hybridized carbons (Fsp3) is 0.824. The van der Waals surface area contributed by atoms with Crippen LogP contribution in [0.4, 0.5) is 0 Å². The summed E-state index contributed by atoms with van der Waals surface area (Å²) in [5.41, 5.74) is 0. The van der Waals surface area contributed by atoms with E-state index in [1.807, 2.05) is 24.0 Å². The Hall–Kier alpha value is 0.0500. The van der Waals surface area contributed by atoms with Gasteiger partial charge in [-0.1, -0.05) is 31.9 Å². The number of carbonyl (C=O) groups excluding carboxylic acids is 1. The van der Waals surface area contributed by atoms with Gasteiger partial charge in [0, 0.05) is 38.7 Å². The van der Waals surface area contributed by atoms with Crippen molar-refractivity contribution in [3.63, 3.8) is 0 Å². The Balaban J connectivity index is 0. The predicted molar refractivity (Wildman–Crippen MR) is 89.9 cm³/mol. The van der Waals surface area contributed by atoms with Gasteiger partial charge in [0.15, 0.2) is 0 Å². The van der Waals surface area contributed by atoms with E-state index in [0.717, 1.165) is 19.3 Å². The Bertz CT molecular complexity index is 330. The van der Waals surface area contributed by atoms with Gasteiger partial charge in [-0.25, -0.2) is 0 Å². The van der Waals surface area contributed by atoms with Gasteiger partial charge in [0.05, 0.1) is 12.2 Å². The van der Waals surface area contributed by atoms with Crippen molar-refractivity contribution in [1.82, 2.24) is 10.2 Å². The number of allylic oxidation sites excluding steroid dienone is 1. The molecule has 0 aliphatic carbocycles. The normalized spacial score (nSPS) is 13.9. The molecule has 0 aromatic carbocycles. The van der Waals surface area contributed by atoms with Crippen LogP contribution in [-0.4, -0.2) is 66.0 Å². The minimum Gasteiger partial charge on any atom is -0.550 e. The van der Waals surface area contributed by atoms with Crippen molar-refractivity contribution in [2.24, 2.45) is 0 Å². The minimum absolute atomic E-state index is 0. The van der Waals surface area contributed by atoms with Crippen molar-refractivity contribution >= 4 is 5.97 Å². The van der Waals surface area contributed by atoms with Crippen molar-refractivity contribution in [1.29, 1.82) is 0 Å². The van der Waals surface area contributed by atoms with Gasteiger partial charge in [-0.05, 0) is 26.2 Å². The zero-order valence-corrected chi connectivity index (χ0v) is 17.5.